The molecule has 0 aromatic carbocycles. The minimum atomic E-state index is -0.792. The van der Waals surface area contributed by atoms with Gasteiger partial charge in [0, 0.05) is 25.9 Å². The third-order valence-electron chi connectivity index (χ3n) is 3.67. The summed E-state index contributed by atoms with van der Waals surface area (Å²) in [6, 6.07) is 0. The Morgan fingerprint density at radius 3 is 2.47 bits per heavy atom. The van der Waals surface area contributed by atoms with Crippen LogP contribution in [0.4, 0.5) is 0 Å². The van der Waals surface area contributed by atoms with Crippen LogP contribution in [0.5, 0.6) is 0 Å². The van der Waals surface area contributed by atoms with Crippen molar-refractivity contribution in [2.45, 2.75) is 45.4 Å². The molecule has 1 fully saturated rings. The molecule has 1 amide bonds. The van der Waals surface area contributed by atoms with E-state index in [1.165, 1.54) is 12.8 Å². The van der Waals surface area contributed by atoms with Gasteiger partial charge in [0.2, 0.25) is 5.91 Å². The zero-order valence-electron chi connectivity index (χ0n) is 11.9. The minimum absolute atomic E-state index is 0.0377. The van der Waals surface area contributed by atoms with Crippen LogP contribution in [0.15, 0.2) is 0 Å². The number of nitrogens with one attached hydrogen (secondary N) is 1. The van der Waals surface area contributed by atoms with Gasteiger partial charge in [-0.25, -0.2) is 0 Å². The van der Waals surface area contributed by atoms with Gasteiger partial charge in [0.05, 0.1) is 0 Å². The molecule has 5 heteroatoms. The summed E-state index contributed by atoms with van der Waals surface area (Å²) in [5.41, 5.74) is 0. The van der Waals surface area contributed by atoms with Crippen LogP contribution >= 0.6 is 0 Å². The minimum Gasteiger partial charge on any atom is -0.481 e. The van der Waals surface area contributed by atoms with Gasteiger partial charge in [0.15, 0.2) is 0 Å². The van der Waals surface area contributed by atoms with Gasteiger partial charge in [-0.05, 0) is 44.7 Å². The number of aliphatic carboxylic acids is 1. The molecule has 0 spiro atoms. The van der Waals surface area contributed by atoms with Gasteiger partial charge in [-0.2, -0.15) is 0 Å². The number of likely N-dealkylation sites (tertiary alicyclic amines) is 1. The highest BCUT2D eigenvalue weighted by atomic mass is 16.4. The summed E-state index contributed by atoms with van der Waals surface area (Å²) in [5, 5.41) is 11.4. The standard InChI is InChI=1S/C14H26N2O3/c1-12-6-9-16(10-7-12)11-8-15-13(17)4-2-3-5-14(18)19/h12H,2-11H2,1H3,(H,15,17)(H,18,19). The average Bonchev–Trinajstić information content (AvgIpc) is 2.37. The SMILES string of the molecule is CC1CCN(CCNC(=O)CCCCC(=O)O)CC1. The number of unbranched alkanes of at least 4 members (excludes halogenated alkanes) is 1. The lowest BCUT2D eigenvalue weighted by Gasteiger charge is -2.30. The van der Waals surface area contributed by atoms with E-state index in [0.717, 1.165) is 25.6 Å². The highest BCUT2D eigenvalue weighted by Crippen LogP contribution is 2.15. The second-order valence-corrected chi connectivity index (χ2v) is 5.47. The maximum Gasteiger partial charge on any atom is 0.303 e. The van der Waals surface area contributed by atoms with Gasteiger partial charge in [-0.15, -0.1) is 0 Å². The fraction of sp³-hybridized carbons (Fsp3) is 0.857. The van der Waals surface area contributed by atoms with Crippen molar-refractivity contribution in [2.24, 2.45) is 5.92 Å². The number of carboxylic acids is 1. The highest BCUT2D eigenvalue weighted by molar-refractivity contribution is 5.75. The Hall–Kier alpha value is -1.10. The third-order valence-corrected chi connectivity index (χ3v) is 3.67. The zero-order chi connectivity index (χ0) is 14.1. The first kappa shape index (κ1) is 16.0. The van der Waals surface area contributed by atoms with E-state index in [0.29, 0.717) is 25.8 Å². The van der Waals surface area contributed by atoms with Crippen LogP contribution in [-0.2, 0) is 9.59 Å². The van der Waals surface area contributed by atoms with Crippen molar-refractivity contribution >= 4 is 11.9 Å². The molecular weight excluding hydrogens is 244 g/mol. The highest BCUT2D eigenvalue weighted by Gasteiger charge is 2.15. The summed E-state index contributed by atoms with van der Waals surface area (Å²) in [6.45, 7) is 6.18. The lowest BCUT2D eigenvalue weighted by Crippen LogP contribution is -2.39. The van der Waals surface area contributed by atoms with E-state index in [1.54, 1.807) is 0 Å². The molecule has 2 N–H and O–H groups in total. The molecule has 1 aliphatic rings. The van der Waals surface area contributed by atoms with Gasteiger partial charge >= 0.3 is 5.97 Å². The van der Waals surface area contributed by atoms with Crippen LogP contribution in [0.2, 0.25) is 0 Å². The molecule has 0 saturated carbocycles. The number of hydrogen-bond acceptors (Lipinski definition) is 3. The fourth-order valence-corrected chi connectivity index (χ4v) is 2.29. The van der Waals surface area contributed by atoms with Crippen LogP contribution in [0.1, 0.15) is 45.4 Å². The Kier molecular flexibility index (Phi) is 7.48. The molecule has 0 aliphatic carbocycles. The average molecular weight is 270 g/mol. The van der Waals surface area contributed by atoms with E-state index in [-0.39, 0.29) is 12.3 Å². The topological polar surface area (TPSA) is 69.6 Å². The second kappa shape index (κ2) is 8.91. The molecule has 0 radical (unpaired) electrons. The van der Waals surface area contributed by atoms with E-state index in [1.807, 2.05) is 0 Å². The van der Waals surface area contributed by atoms with Gasteiger partial charge in [0.25, 0.3) is 0 Å². The second-order valence-electron chi connectivity index (χ2n) is 5.47. The van der Waals surface area contributed by atoms with Crippen molar-refractivity contribution in [3.05, 3.63) is 0 Å². The van der Waals surface area contributed by atoms with Crippen molar-refractivity contribution in [2.75, 3.05) is 26.2 Å². The van der Waals surface area contributed by atoms with Crippen LogP contribution in [0.25, 0.3) is 0 Å². The molecule has 1 rings (SSSR count). The van der Waals surface area contributed by atoms with Gasteiger partial charge in [-0.1, -0.05) is 6.92 Å². The first-order valence-electron chi connectivity index (χ1n) is 7.29. The number of carbonyl (C=O) groups excluding carboxylic acids is 1. The molecule has 1 saturated heterocycles. The van der Waals surface area contributed by atoms with Gasteiger partial charge in [0.1, 0.15) is 0 Å². The van der Waals surface area contributed by atoms with Crippen LogP contribution in [0, 0.1) is 5.92 Å². The summed E-state index contributed by atoms with van der Waals surface area (Å²) in [6.07, 6.45) is 4.32. The lowest BCUT2D eigenvalue weighted by molar-refractivity contribution is -0.137. The summed E-state index contributed by atoms with van der Waals surface area (Å²) in [7, 11) is 0. The fourth-order valence-electron chi connectivity index (χ4n) is 2.29. The maximum atomic E-state index is 11.5. The number of rotatable bonds is 8. The maximum absolute atomic E-state index is 11.5. The Balaban J connectivity index is 1.96. The normalized spacial score (nSPS) is 17.3. The molecule has 1 heterocycles. The molecule has 110 valence electrons. The quantitative estimate of drug-likeness (QED) is 0.655. The summed E-state index contributed by atoms with van der Waals surface area (Å²) < 4.78 is 0. The number of nitrogens with zero attached hydrogens (tertiary/aromatic N) is 1. The lowest BCUT2D eigenvalue weighted by atomic mass is 9.99. The number of piperidine rings is 1. The Morgan fingerprint density at radius 1 is 1.21 bits per heavy atom. The van der Waals surface area contributed by atoms with E-state index in [2.05, 4.69) is 17.1 Å². The first-order valence-corrected chi connectivity index (χ1v) is 7.29. The molecule has 19 heavy (non-hydrogen) atoms. The van der Waals surface area contributed by atoms with Crippen molar-refractivity contribution in [3.63, 3.8) is 0 Å². The predicted octanol–water partition coefficient (Wildman–Crippen LogP) is 1.48. The predicted molar refractivity (Wildman–Crippen MR) is 74.0 cm³/mol. The number of amides is 1. The van der Waals surface area contributed by atoms with E-state index in [9.17, 15) is 9.59 Å². The summed E-state index contributed by atoms with van der Waals surface area (Å²) in [4.78, 5) is 24.2. The molecule has 0 atom stereocenters. The van der Waals surface area contributed by atoms with Crippen molar-refractivity contribution < 1.29 is 14.7 Å². The number of carbonyl (C=O) groups is 2. The molecule has 5 nitrogen and oxygen atoms in total. The summed E-state index contributed by atoms with van der Waals surface area (Å²) in [5.74, 6) is 0.0792. The Morgan fingerprint density at radius 2 is 1.84 bits per heavy atom. The van der Waals surface area contributed by atoms with Crippen molar-refractivity contribution in [1.29, 1.82) is 0 Å². The molecule has 0 bridgehead atoms. The third kappa shape index (κ3) is 7.82. The monoisotopic (exact) mass is 270 g/mol. The number of hydrogen-bond donors (Lipinski definition) is 2. The van der Waals surface area contributed by atoms with Crippen LogP contribution in [0.3, 0.4) is 0 Å². The van der Waals surface area contributed by atoms with Gasteiger partial charge < -0.3 is 15.3 Å². The van der Waals surface area contributed by atoms with E-state index >= 15 is 0 Å². The zero-order valence-corrected chi connectivity index (χ0v) is 11.9. The van der Waals surface area contributed by atoms with Crippen molar-refractivity contribution in [1.82, 2.24) is 10.2 Å². The molecule has 0 aromatic heterocycles. The van der Waals surface area contributed by atoms with E-state index < -0.39 is 5.97 Å². The largest absolute Gasteiger partial charge is 0.481 e. The van der Waals surface area contributed by atoms with E-state index in [4.69, 9.17) is 5.11 Å². The summed E-state index contributed by atoms with van der Waals surface area (Å²) >= 11 is 0. The smallest absolute Gasteiger partial charge is 0.303 e. The Bertz CT molecular complexity index is 286. The molecular formula is C14H26N2O3. The van der Waals surface area contributed by atoms with Crippen LogP contribution < -0.4 is 5.32 Å². The van der Waals surface area contributed by atoms with Crippen molar-refractivity contribution in [3.8, 4) is 0 Å². The first-order chi connectivity index (χ1) is 9.08. The van der Waals surface area contributed by atoms with Crippen LogP contribution in [-0.4, -0.2) is 48.1 Å². The number of carboxylic acid groups (broad SMARTS) is 1. The molecule has 1 aliphatic heterocycles. The molecule has 0 aromatic rings. The Labute approximate surface area is 115 Å². The van der Waals surface area contributed by atoms with Gasteiger partial charge in [-0.3, -0.25) is 9.59 Å². The molecule has 0 unspecified atom stereocenters.